The molecular formula is C20H19NO3S2. The van der Waals surface area contributed by atoms with Gasteiger partial charge in [-0.1, -0.05) is 42.1 Å². The lowest BCUT2D eigenvalue weighted by Gasteiger charge is -2.11. The van der Waals surface area contributed by atoms with E-state index in [0.29, 0.717) is 24.5 Å². The molecule has 2 aromatic carbocycles. The second kappa shape index (κ2) is 9.07. The molecule has 1 saturated heterocycles. The van der Waals surface area contributed by atoms with Crippen molar-refractivity contribution in [1.29, 1.82) is 0 Å². The van der Waals surface area contributed by atoms with Crippen LogP contribution < -0.4 is 0 Å². The summed E-state index contributed by atoms with van der Waals surface area (Å²) in [6.07, 6.45) is 2.42. The van der Waals surface area contributed by atoms with Gasteiger partial charge >= 0.3 is 0 Å². The molecule has 1 heterocycles. The summed E-state index contributed by atoms with van der Waals surface area (Å²) < 4.78 is 4.98. The van der Waals surface area contributed by atoms with Gasteiger partial charge in [-0.2, -0.15) is 0 Å². The number of hydrogen-bond donors (Lipinski definition) is 0. The van der Waals surface area contributed by atoms with E-state index in [0.717, 1.165) is 22.2 Å². The first-order chi connectivity index (χ1) is 12.7. The minimum absolute atomic E-state index is 0.214. The lowest BCUT2D eigenvalue weighted by Crippen LogP contribution is -2.29. The topological polar surface area (TPSA) is 46.6 Å². The summed E-state index contributed by atoms with van der Waals surface area (Å²) in [5, 5.41) is -0.214. The van der Waals surface area contributed by atoms with Crippen LogP contribution in [0.25, 0.3) is 6.08 Å². The second-order valence-corrected chi connectivity index (χ2v) is 7.80. The largest absolute Gasteiger partial charge is 0.385 e. The zero-order valence-electron chi connectivity index (χ0n) is 14.4. The van der Waals surface area contributed by atoms with Crippen molar-refractivity contribution in [3.05, 3.63) is 65.1 Å². The molecule has 26 heavy (non-hydrogen) atoms. The van der Waals surface area contributed by atoms with E-state index in [-0.39, 0.29) is 11.1 Å². The van der Waals surface area contributed by atoms with E-state index in [1.165, 1.54) is 9.80 Å². The molecular weight excluding hydrogens is 366 g/mol. The Balaban J connectivity index is 1.66. The number of methoxy groups -OCH3 is 1. The van der Waals surface area contributed by atoms with Crippen LogP contribution >= 0.6 is 23.5 Å². The Morgan fingerprint density at radius 3 is 2.42 bits per heavy atom. The molecule has 2 amide bonds. The number of hydrogen-bond acceptors (Lipinski definition) is 5. The van der Waals surface area contributed by atoms with E-state index in [1.807, 2.05) is 42.5 Å². The fourth-order valence-corrected chi connectivity index (χ4v) is 4.17. The first kappa shape index (κ1) is 18.8. The highest BCUT2D eigenvalue weighted by Gasteiger charge is 2.34. The molecule has 4 nitrogen and oxygen atoms in total. The van der Waals surface area contributed by atoms with Crippen molar-refractivity contribution >= 4 is 40.7 Å². The van der Waals surface area contributed by atoms with E-state index in [4.69, 9.17) is 4.74 Å². The number of carbonyl (C=O) groups is 2. The minimum atomic E-state index is -0.223. The molecule has 1 fully saturated rings. The highest BCUT2D eigenvalue weighted by Crippen LogP contribution is 2.33. The zero-order chi connectivity index (χ0) is 18.4. The third-order valence-corrected chi connectivity index (χ3v) is 5.68. The number of amides is 2. The lowest BCUT2D eigenvalue weighted by molar-refractivity contribution is -0.122. The normalized spacial score (nSPS) is 15.9. The fraction of sp³-hybridized carbons (Fsp3) is 0.200. The van der Waals surface area contributed by atoms with Crippen molar-refractivity contribution in [3.63, 3.8) is 0 Å². The molecule has 134 valence electrons. The molecule has 1 aliphatic heterocycles. The van der Waals surface area contributed by atoms with Crippen molar-refractivity contribution < 1.29 is 14.3 Å². The van der Waals surface area contributed by atoms with Crippen LogP contribution in [0.4, 0.5) is 4.79 Å². The molecule has 3 rings (SSSR count). The zero-order valence-corrected chi connectivity index (χ0v) is 16.0. The Morgan fingerprint density at radius 2 is 1.73 bits per heavy atom. The van der Waals surface area contributed by atoms with Crippen LogP contribution in [0, 0.1) is 0 Å². The maximum Gasteiger partial charge on any atom is 0.293 e. The monoisotopic (exact) mass is 385 g/mol. The van der Waals surface area contributed by atoms with Crippen molar-refractivity contribution in [2.45, 2.75) is 16.2 Å². The van der Waals surface area contributed by atoms with E-state index in [9.17, 15) is 9.59 Å². The maximum absolute atomic E-state index is 12.4. The van der Waals surface area contributed by atoms with Gasteiger partial charge in [-0.05, 0) is 54.1 Å². The van der Waals surface area contributed by atoms with Crippen molar-refractivity contribution in [1.82, 2.24) is 4.90 Å². The molecule has 0 spiro atoms. The average Bonchev–Trinajstić information content (AvgIpc) is 2.92. The van der Waals surface area contributed by atoms with Gasteiger partial charge in [0.1, 0.15) is 0 Å². The second-order valence-electron chi connectivity index (χ2n) is 5.66. The van der Waals surface area contributed by atoms with E-state index >= 15 is 0 Å². The number of thioether (sulfide) groups is 1. The van der Waals surface area contributed by atoms with Crippen LogP contribution in [0.2, 0.25) is 0 Å². The number of ether oxygens (including phenoxy) is 1. The summed E-state index contributed by atoms with van der Waals surface area (Å²) >= 11 is 2.68. The summed E-state index contributed by atoms with van der Waals surface area (Å²) in [4.78, 5) is 28.5. The third kappa shape index (κ3) is 4.78. The van der Waals surface area contributed by atoms with Crippen LogP contribution in [0.5, 0.6) is 0 Å². The predicted octanol–water partition coefficient (Wildman–Crippen LogP) is 4.91. The minimum Gasteiger partial charge on any atom is -0.385 e. The van der Waals surface area contributed by atoms with E-state index in [1.54, 1.807) is 24.9 Å². The molecule has 0 unspecified atom stereocenters. The molecule has 6 heteroatoms. The lowest BCUT2D eigenvalue weighted by atomic mass is 10.2. The number of nitrogens with zero attached hydrogens (tertiary/aromatic N) is 1. The van der Waals surface area contributed by atoms with Gasteiger partial charge in [0.25, 0.3) is 11.1 Å². The van der Waals surface area contributed by atoms with Gasteiger partial charge in [0.2, 0.25) is 0 Å². The predicted molar refractivity (Wildman–Crippen MR) is 106 cm³/mol. The number of carbonyl (C=O) groups excluding carboxylic acids is 2. The fourth-order valence-electron chi connectivity index (χ4n) is 2.47. The van der Waals surface area contributed by atoms with E-state index in [2.05, 4.69) is 12.1 Å². The molecule has 0 atom stereocenters. The maximum atomic E-state index is 12.4. The average molecular weight is 386 g/mol. The van der Waals surface area contributed by atoms with Crippen LogP contribution in [0.15, 0.2) is 69.3 Å². The standard InChI is InChI=1S/C20H19NO3S2/c1-24-13-5-12-21-19(22)18(26-20(21)23)14-15-8-10-17(11-9-15)25-16-6-3-2-4-7-16/h2-4,6-11,14H,5,12-13H2,1H3/b18-14+. The van der Waals surface area contributed by atoms with Gasteiger partial charge in [0, 0.05) is 30.1 Å². The molecule has 0 radical (unpaired) electrons. The number of imide groups is 1. The summed E-state index contributed by atoms with van der Waals surface area (Å²) in [5.41, 5.74) is 0.907. The van der Waals surface area contributed by atoms with Crippen LogP contribution in [-0.2, 0) is 9.53 Å². The Labute approximate surface area is 161 Å². The van der Waals surface area contributed by atoms with Gasteiger partial charge < -0.3 is 4.74 Å². The van der Waals surface area contributed by atoms with Gasteiger partial charge in [0.05, 0.1) is 4.91 Å². The van der Waals surface area contributed by atoms with Crippen LogP contribution in [0.1, 0.15) is 12.0 Å². The first-order valence-corrected chi connectivity index (χ1v) is 9.88. The third-order valence-electron chi connectivity index (χ3n) is 3.76. The van der Waals surface area contributed by atoms with E-state index < -0.39 is 0 Å². The summed E-state index contributed by atoms with van der Waals surface area (Å²) in [5.74, 6) is -0.223. The molecule has 1 aliphatic rings. The van der Waals surface area contributed by atoms with Crippen molar-refractivity contribution in [2.24, 2.45) is 0 Å². The molecule has 0 aromatic heterocycles. The Hall–Kier alpha value is -2.02. The van der Waals surface area contributed by atoms with Gasteiger partial charge in [-0.3, -0.25) is 14.5 Å². The molecule has 0 saturated carbocycles. The Kier molecular flexibility index (Phi) is 6.55. The summed E-state index contributed by atoms with van der Waals surface area (Å²) in [6.45, 7) is 0.920. The highest BCUT2D eigenvalue weighted by atomic mass is 32.2. The first-order valence-electron chi connectivity index (χ1n) is 8.24. The Morgan fingerprint density at radius 1 is 1.04 bits per heavy atom. The van der Waals surface area contributed by atoms with Gasteiger partial charge in [0.15, 0.2) is 0 Å². The number of benzene rings is 2. The number of rotatable bonds is 7. The van der Waals surface area contributed by atoms with Crippen molar-refractivity contribution in [3.8, 4) is 0 Å². The molecule has 0 aliphatic carbocycles. The van der Waals surface area contributed by atoms with Crippen LogP contribution in [-0.4, -0.2) is 36.3 Å². The highest BCUT2D eigenvalue weighted by molar-refractivity contribution is 8.18. The van der Waals surface area contributed by atoms with Gasteiger partial charge in [-0.25, -0.2) is 0 Å². The SMILES string of the molecule is COCCCN1C(=O)S/C(=C/c2ccc(Sc3ccccc3)cc2)C1=O. The molecule has 0 bridgehead atoms. The molecule has 2 aromatic rings. The van der Waals surface area contributed by atoms with Crippen LogP contribution in [0.3, 0.4) is 0 Å². The Bertz CT molecular complexity index is 804. The summed E-state index contributed by atoms with van der Waals surface area (Å²) in [7, 11) is 1.60. The van der Waals surface area contributed by atoms with Gasteiger partial charge in [-0.15, -0.1) is 0 Å². The molecule has 0 N–H and O–H groups in total. The quantitative estimate of drug-likeness (QED) is 0.500. The summed E-state index contributed by atoms with van der Waals surface area (Å²) in [6, 6.07) is 18.1. The van der Waals surface area contributed by atoms with Crippen molar-refractivity contribution in [2.75, 3.05) is 20.3 Å². The smallest absolute Gasteiger partial charge is 0.293 e.